The van der Waals surface area contributed by atoms with Crippen LogP contribution < -0.4 is 0 Å². The maximum Gasteiger partial charge on any atom is 0.0941 e. The molecule has 96 valence electrons. The number of aliphatic hydroxyl groups is 1. The van der Waals surface area contributed by atoms with Crippen LogP contribution in [0, 0.1) is 0 Å². The Balaban J connectivity index is 2.23. The predicted molar refractivity (Wildman–Crippen MR) is 78.0 cm³/mol. The molecule has 0 bridgehead atoms. The highest BCUT2D eigenvalue weighted by Crippen LogP contribution is 2.31. The van der Waals surface area contributed by atoms with Crippen molar-refractivity contribution in [2.24, 2.45) is 0 Å². The van der Waals surface area contributed by atoms with Gasteiger partial charge in [-0.05, 0) is 30.5 Å². The topological polar surface area (TPSA) is 20.2 Å². The Kier molecular flexibility index (Phi) is 4.20. The summed E-state index contributed by atoms with van der Waals surface area (Å²) in [6, 6.07) is 14.3. The molecule has 0 aliphatic heterocycles. The monoisotopic (exact) mass is 260 g/mol. The first kappa shape index (κ1) is 13.3. The fourth-order valence-electron chi connectivity index (χ4n) is 2.18. The minimum Gasteiger partial charge on any atom is -0.385 e. The Bertz CT molecular complexity index is 489. The van der Waals surface area contributed by atoms with Gasteiger partial charge in [0, 0.05) is 16.2 Å². The van der Waals surface area contributed by atoms with Gasteiger partial charge in [-0.1, -0.05) is 44.2 Å². The van der Waals surface area contributed by atoms with E-state index in [0.29, 0.717) is 6.42 Å². The van der Waals surface area contributed by atoms with Crippen molar-refractivity contribution in [3.8, 4) is 0 Å². The smallest absolute Gasteiger partial charge is 0.0941 e. The summed E-state index contributed by atoms with van der Waals surface area (Å²) >= 11 is 1.81. The molecule has 1 nitrogen and oxygen atoms in total. The average Bonchev–Trinajstić information content (AvgIpc) is 2.87. The number of benzene rings is 1. The third-order valence-electron chi connectivity index (χ3n) is 3.43. The van der Waals surface area contributed by atoms with Crippen molar-refractivity contribution in [2.45, 2.75) is 38.7 Å². The van der Waals surface area contributed by atoms with E-state index in [1.54, 1.807) is 0 Å². The Morgan fingerprint density at radius 1 is 1.00 bits per heavy atom. The lowest BCUT2D eigenvalue weighted by Gasteiger charge is -2.26. The van der Waals surface area contributed by atoms with Crippen LogP contribution in [0.15, 0.2) is 42.5 Å². The summed E-state index contributed by atoms with van der Waals surface area (Å²) in [5.74, 6) is 0. The van der Waals surface area contributed by atoms with Crippen molar-refractivity contribution in [3.63, 3.8) is 0 Å². The quantitative estimate of drug-likeness (QED) is 0.856. The first-order chi connectivity index (χ1) is 8.68. The van der Waals surface area contributed by atoms with Crippen molar-refractivity contribution in [2.75, 3.05) is 0 Å². The molecule has 1 unspecified atom stereocenters. The summed E-state index contributed by atoms with van der Waals surface area (Å²) < 4.78 is 0. The van der Waals surface area contributed by atoms with E-state index in [1.165, 1.54) is 9.75 Å². The molecule has 18 heavy (non-hydrogen) atoms. The second-order valence-corrected chi connectivity index (χ2v) is 5.90. The predicted octanol–water partition coefficient (Wildman–Crippen LogP) is 4.15. The second-order valence-electron chi connectivity index (χ2n) is 4.65. The summed E-state index contributed by atoms with van der Waals surface area (Å²) in [6.07, 6.45) is 2.51. The molecule has 0 fully saturated rings. The fraction of sp³-hybridized carbons (Fsp3) is 0.375. The van der Waals surface area contributed by atoms with Crippen molar-refractivity contribution in [1.29, 1.82) is 0 Å². The Hall–Kier alpha value is -1.12. The van der Waals surface area contributed by atoms with Crippen molar-refractivity contribution in [3.05, 3.63) is 57.8 Å². The van der Waals surface area contributed by atoms with Crippen LogP contribution in [0.4, 0.5) is 0 Å². The van der Waals surface area contributed by atoms with E-state index in [-0.39, 0.29) is 0 Å². The summed E-state index contributed by atoms with van der Waals surface area (Å²) in [5.41, 5.74) is 0.274. The largest absolute Gasteiger partial charge is 0.385 e. The molecule has 0 radical (unpaired) electrons. The lowest BCUT2D eigenvalue weighted by Crippen LogP contribution is -2.27. The molecule has 0 saturated heterocycles. The molecule has 0 amide bonds. The molecule has 2 aromatic rings. The Morgan fingerprint density at radius 3 is 2.22 bits per heavy atom. The van der Waals surface area contributed by atoms with Gasteiger partial charge in [-0.2, -0.15) is 0 Å². The summed E-state index contributed by atoms with van der Waals surface area (Å²) in [5, 5.41) is 10.8. The molecule has 1 heterocycles. The third kappa shape index (κ3) is 2.82. The summed E-state index contributed by atoms with van der Waals surface area (Å²) in [7, 11) is 0. The zero-order valence-electron chi connectivity index (χ0n) is 11.0. The second kappa shape index (κ2) is 5.68. The lowest BCUT2D eigenvalue weighted by atomic mass is 9.87. The molecular weight excluding hydrogens is 240 g/mol. The number of thiophene rings is 1. The molecular formula is C16H20OS. The zero-order valence-corrected chi connectivity index (χ0v) is 11.8. The standard InChI is InChI=1S/C16H20OS/c1-3-14-10-11-15(18-14)12-16(17,4-2)13-8-6-5-7-9-13/h5-11,17H,3-4,12H2,1-2H3. The van der Waals surface area contributed by atoms with Crippen LogP contribution >= 0.6 is 11.3 Å². The van der Waals surface area contributed by atoms with Crippen LogP contribution in [0.3, 0.4) is 0 Å². The lowest BCUT2D eigenvalue weighted by molar-refractivity contribution is 0.0335. The van der Waals surface area contributed by atoms with Crippen LogP contribution in [-0.2, 0) is 18.4 Å². The van der Waals surface area contributed by atoms with E-state index in [2.05, 4.69) is 19.1 Å². The summed E-state index contributed by atoms with van der Waals surface area (Å²) in [6.45, 7) is 4.21. The maximum atomic E-state index is 10.8. The van der Waals surface area contributed by atoms with Crippen molar-refractivity contribution in [1.82, 2.24) is 0 Å². The molecule has 1 aromatic carbocycles. The van der Waals surface area contributed by atoms with Crippen molar-refractivity contribution < 1.29 is 5.11 Å². The minimum absolute atomic E-state index is 0.707. The van der Waals surface area contributed by atoms with E-state index < -0.39 is 5.60 Å². The molecule has 0 aliphatic rings. The third-order valence-corrected chi connectivity index (χ3v) is 4.66. The van der Waals surface area contributed by atoms with Gasteiger partial charge >= 0.3 is 0 Å². The molecule has 0 spiro atoms. The maximum absolute atomic E-state index is 10.8. The molecule has 1 aromatic heterocycles. The van der Waals surface area contributed by atoms with Crippen LogP contribution in [0.2, 0.25) is 0 Å². The first-order valence-electron chi connectivity index (χ1n) is 6.53. The highest BCUT2D eigenvalue weighted by Gasteiger charge is 2.27. The van der Waals surface area contributed by atoms with Gasteiger partial charge < -0.3 is 5.11 Å². The number of hydrogen-bond acceptors (Lipinski definition) is 2. The fourth-order valence-corrected chi connectivity index (χ4v) is 3.24. The summed E-state index contributed by atoms with van der Waals surface area (Å²) in [4.78, 5) is 2.65. The number of aryl methyl sites for hydroxylation is 1. The van der Waals surface area contributed by atoms with Gasteiger partial charge in [0.15, 0.2) is 0 Å². The molecule has 2 heteroatoms. The van der Waals surface area contributed by atoms with Gasteiger partial charge in [0.05, 0.1) is 5.60 Å². The van der Waals surface area contributed by atoms with Crippen LogP contribution in [-0.4, -0.2) is 5.11 Å². The van der Waals surface area contributed by atoms with E-state index in [1.807, 2.05) is 48.6 Å². The molecule has 0 saturated carbocycles. The zero-order chi connectivity index (χ0) is 13.0. The van der Waals surface area contributed by atoms with Gasteiger partial charge in [-0.3, -0.25) is 0 Å². The molecule has 2 rings (SSSR count). The molecule has 1 N–H and O–H groups in total. The van der Waals surface area contributed by atoms with Gasteiger partial charge in [-0.25, -0.2) is 0 Å². The number of hydrogen-bond donors (Lipinski definition) is 1. The van der Waals surface area contributed by atoms with Crippen LogP contribution in [0.5, 0.6) is 0 Å². The van der Waals surface area contributed by atoms with Crippen LogP contribution in [0.25, 0.3) is 0 Å². The van der Waals surface area contributed by atoms with Gasteiger partial charge in [0.1, 0.15) is 0 Å². The van der Waals surface area contributed by atoms with Gasteiger partial charge in [0.25, 0.3) is 0 Å². The van der Waals surface area contributed by atoms with E-state index in [4.69, 9.17) is 0 Å². The number of rotatable bonds is 5. The van der Waals surface area contributed by atoms with E-state index >= 15 is 0 Å². The van der Waals surface area contributed by atoms with Crippen molar-refractivity contribution >= 4 is 11.3 Å². The highest BCUT2D eigenvalue weighted by atomic mass is 32.1. The Labute approximate surface area is 113 Å². The van der Waals surface area contributed by atoms with E-state index in [9.17, 15) is 5.11 Å². The average molecular weight is 260 g/mol. The normalized spacial score (nSPS) is 14.4. The van der Waals surface area contributed by atoms with Crippen LogP contribution in [0.1, 0.15) is 35.6 Å². The highest BCUT2D eigenvalue weighted by molar-refractivity contribution is 7.12. The SMILES string of the molecule is CCc1ccc(CC(O)(CC)c2ccccc2)s1. The molecule has 1 atom stereocenters. The Morgan fingerprint density at radius 2 is 1.67 bits per heavy atom. The van der Waals surface area contributed by atoms with E-state index in [0.717, 1.165) is 18.4 Å². The van der Waals surface area contributed by atoms with Gasteiger partial charge in [-0.15, -0.1) is 11.3 Å². The van der Waals surface area contributed by atoms with Gasteiger partial charge in [0.2, 0.25) is 0 Å². The molecule has 0 aliphatic carbocycles. The first-order valence-corrected chi connectivity index (χ1v) is 7.35. The minimum atomic E-state index is -0.739.